The second-order valence-electron chi connectivity index (χ2n) is 8.33. The average Bonchev–Trinajstić information content (AvgIpc) is 2.85. The molecule has 0 spiro atoms. The van der Waals surface area contributed by atoms with E-state index in [1.165, 1.54) is 0 Å². The first kappa shape index (κ1) is 24.4. The lowest BCUT2D eigenvalue weighted by atomic mass is 9.96. The van der Waals surface area contributed by atoms with E-state index in [-0.39, 0.29) is 11.8 Å². The molecule has 33 heavy (non-hydrogen) atoms. The lowest BCUT2D eigenvalue weighted by Gasteiger charge is -2.32. The second-order valence-corrected chi connectivity index (χ2v) is 8.33. The van der Waals surface area contributed by atoms with Crippen LogP contribution in [0.4, 0.5) is 0 Å². The number of hydrogen-bond donors (Lipinski definition) is 1. The summed E-state index contributed by atoms with van der Waals surface area (Å²) < 4.78 is 16.3. The summed E-state index contributed by atoms with van der Waals surface area (Å²) in [6, 6.07) is 13.1. The van der Waals surface area contributed by atoms with Crippen molar-refractivity contribution >= 4 is 11.8 Å². The maximum Gasteiger partial charge on any atom is 0.253 e. The number of carbonyl (C=O) groups excluding carboxylic acids is 2. The zero-order valence-corrected chi connectivity index (χ0v) is 19.8. The van der Waals surface area contributed by atoms with Crippen LogP contribution in [0.2, 0.25) is 0 Å². The molecule has 0 bridgehead atoms. The summed E-state index contributed by atoms with van der Waals surface area (Å²) in [5.74, 6) is 2.44. The standard InChI is InChI=1S/C26H34N2O5/c1-19-7-4-5-8-22(19)33-16-6-9-25(29)27-18-20-12-14-28(15-13-20)26(30)21-10-11-23(31-2)24(17-21)32-3/h4-5,7-8,10-11,17,20H,6,9,12-16,18H2,1-3H3,(H,27,29). The molecule has 1 aliphatic rings. The molecule has 0 saturated carbocycles. The van der Waals surface area contributed by atoms with Crippen LogP contribution in [0, 0.1) is 12.8 Å². The van der Waals surface area contributed by atoms with Crippen molar-refractivity contribution in [1.29, 1.82) is 0 Å². The molecule has 178 valence electrons. The lowest BCUT2D eigenvalue weighted by Crippen LogP contribution is -2.41. The highest BCUT2D eigenvalue weighted by molar-refractivity contribution is 5.95. The molecule has 1 saturated heterocycles. The van der Waals surface area contributed by atoms with E-state index < -0.39 is 0 Å². The van der Waals surface area contributed by atoms with Gasteiger partial charge in [-0.1, -0.05) is 18.2 Å². The van der Waals surface area contributed by atoms with Gasteiger partial charge in [-0.25, -0.2) is 0 Å². The number of carbonyl (C=O) groups is 2. The van der Waals surface area contributed by atoms with E-state index in [1.54, 1.807) is 32.4 Å². The maximum atomic E-state index is 12.9. The van der Waals surface area contributed by atoms with Crippen LogP contribution < -0.4 is 19.5 Å². The first-order valence-corrected chi connectivity index (χ1v) is 11.5. The second kappa shape index (κ2) is 12.1. The number of methoxy groups -OCH3 is 2. The van der Waals surface area contributed by atoms with Crippen molar-refractivity contribution in [3.8, 4) is 17.2 Å². The Hall–Kier alpha value is -3.22. The van der Waals surface area contributed by atoms with E-state index in [0.717, 1.165) is 24.2 Å². The number of rotatable bonds is 10. The number of para-hydroxylation sites is 1. The molecule has 7 nitrogen and oxygen atoms in total. The normalized spacial score (nSPS) is 14.0. The number of likely N-dealkylation sites (tertiary alicyclic amines) is 1. The third kappa shape index (κ3) is 6.88. The van der Waals surface area contributed by atoms with E-state index in [1.807, 2.05) is 36.1 Å². The number of benzene rings is 2. The molecule has 1 heterocycles. The van der Waals surface area contributed by atoms with Crippen LogP contribution in [0.3, 0.4) is 0 Å². The van der Waals surface area contributed by atoms with Crippen molar-refractivity contribution < 1.29 is 23.8 Å². The number of amides is 2. The monoisotopic (exact) mass is 454 g/mol. The molecule has 0 aliphatic carbocycles. The molecule has 7 heteroatoms. The van der Waals surface area contributed by atoms with Crippen LogP contribution in [0.1, 0.15) is 41.6 Å². The first-order chi connectivity index (χ1) is 16.0. The van der Waals surface area contributed by atoms with Gasteiger partial charge in [0.15, 0.2) is 11.5 Å². The minimum Gasteiger partial charge on any atom is -0.493 e. The Kier molecular flexibility index (Phi) is 8.98. The van der Waals surface area contributed by atoms with Gasteiger partial charge in [0, 0.05) is 31.6 Å². The maximum absolute atomic E-state index is 12.9. The number of ether oxygens (including phenoxy) is 3. The van der Waals surface area contributed by atoms with E-state index >= 15 is 0 Å². The lowest BCUT2D eigenvalue weighted by molar-refractivity contribution is -0.121. The molecule has 2 aromatic carbocycles. The van der Waals surface area contributed by atoms with Crippen molar-refractivity contribution in [2.75, 3.05) is 40.5 Å². The average molecular weight is 455 g/mol. The highest BCUT2D eigenvalue weighted by Gasteiger charge is 2.24. The third-order valence-electron chi connectivity index (χ3n) is 6.02. The Morgan fingerprint density at radius 2 is 1.73 bits per heavy atom. The van der Waals surface area contributed by atoms with Crippen molar-refractivity contribution in [2.45, 2.75) is 32.6 Å². The van der Waals surface area contributed by atoms with Crippen molar-refractivity contribution in [1.82, 2.24) is 10.2 Å². The molecule has 1 fully saturated rings. The highest BCUT2D eigenvalue weighted by Crippen LogP contribution is 2.28. The van der Waals surface area contributed by atoms with Crippen LogP contribution in [-0.2, 0) is 4.79 Å². The molecule has 2 amide bonds. The molecule has 0 aromatic heterocycles. The van der Waals surface area contributed by atoms with E-state index in [9.17, 15) is 9.59 Å². The molecular formula is C26H34N2O5. The SMILES string of the molecule is COc1ccc(C(=O)N2CCC(CNC(=O)CCCOc3ccccc3C)CC2)cc1OC. The third-order valence-corrected chi connectivity index (χ3v) is 6.02. The highest BCUT2D eigenvalue weighted by atomic mass is 16.5. The van der Waals surface area contributed by atoms with Gasteiger partial charge in [-0.05, 0) is 61.9 Å². The fourth-order valence-corrected chi connectivity index (χ4v) is 3.97. The quantitative estimate of drug-likeness (QED) is 0.552. The van der Waals surface area contributed by atoms with Gasteiger partial charge < -0.3 is 24.4 Å². The predicted octanol–water partition coefficient (Wildman–Crippen LogP) is 3.84. The number of nitrogens with one attached hydrogen (secondary N) is 1. The van der Waals surface area contributed by atoms with Crippen LogP contribution in [0.15, 0.2) is 42.5 Å². The fraction of sp³-hybridized carbons (Fsp3) is 0.462. The summed E-state index contributed by atoms with van der Waals surface area (Å²) in [6.45, 7) is 4.54. The van der Waals surface area contributed by atoms with E-state index in [4.69, 9.17) is 14.2 Å². The molecule has 0 radical (unpaired) electrons. The molecule has 0 atom stereocenters. The smallest absolute Gasteiger partial charge is 0.253 e. The van der Waals surface area contributed by atoms with Crippen molar-refractivity contribution in [2.24, 2.45) is 5.92 Å². The Morgan fingerprint density at radius 1 is 1.00 bits per heavy atom. The van der Waals surface area contributed by atoms with Gasteiger partial charge in [-0.3, -0.25) is 9.59 Å². The number of nitrogens with zero attached hydrogens (tertiary/aromatic N) is 1. The van der Waals surface area contributed by atoms with E-state index in [0.29, 0.717) is 62.1 Å². The summed E-state index contributed by atoms with van der Waals surface area (Å²) in [4.78, 5) is 26.9. The van der Waals surface area contributed by atoms with Gasteiger partial charge in [0.05, 0.1) is 20.8 Å². The predicted molar refractivity (Wildman–Crippen MR) is 127 cm³/mol. The van der Waals surface area contributed by atoms with Gasteiger partial charge in [0.1, 0.15) is 5.75 Å². The van der Waals surface area contributed by atoms with Gasteiger partial charge in [-0.2, -0.15) is 0 Å². The van der Waals surface area contributed by atoms with Gasteiger partial charge in [-0.15, -0.1) is 0 Å². The van der Waals surface area contributed by atoms with Crippen molar-refractivity contribution in [3.63, 3.8) is 0 Å². The first-order valence-electron chi connectivity index (χ1n) is 11.5. The van der Waals surface area contributed by atoms with Crippen LogP contribution in [0.25, 0.3) is 0 Å². The van der Waals surface area contributed by atoms with Gasteiger partial charge in [0.2, 0.25) is 5.91 Å². The largest absolute Gasteiger partial charge is 0.493 e. The topological polar surface area (TPSA) is 77.1 Å². The molecule has 1 N–H and O–H groups in total. The summed E-state index contributed by atoms with van der Waals surface area (Å²) in [6.07, 6.45) is 2.87. The Balaban J connectivity index is 1.35. The van der Waals surface area contributed by atoms with Crippen molar-refractivity contribution in [3.05, 3.63) is 53.6 Å². The van der Waals surface area contributed by atoms with Gasteiger partial charge >= 0.3 is 0 Å². The Bertz CT molecular complexity index is 938. The minimum absolute atomic E-state index is 0.00732. The van der Waals surface area contributed by atoms with Crippen LogP contribution in [0.5, 0.6) is 17.2 Å². The summed E-state index contributed by atoms with van der Waals surface area (Å²) >= 11 is 0. The molecule has 2 aromatic rings. The van der Waals surface area contributed by atoms with Crippen LogP contribution >= 0.6 is 0 Å². The molecular weight excluding hydrogens is 420 g/mol. The number of hydrogen-bond acceptors (Lipinski definition) is 5. The fourth-order valence-electron chi connectivity index (χ4n) is 3.97. The summed E-state index contributed by atoms with van der Waals surface area (Å²) in [5, 5.41) is 3.04. The van der Waals surface area contributed by atoms with Crippen LogP contribution in [-0.4, -0.2) is 57.2 Å². The number of aryl methyl sites for hydroxylation is 1. The zero-order chi connectivity index (χ0) is 23.6. The Labute approximate surface area is 196 Å². The minimum atomic E-state index is -0.00732. The van der Waals surface area contributed by atoms with Gasteiger partial charge in [0.25, 0.3) is 5.91 Å². The molecule has 0 unspecified atom stereocenters. The Morgan fingerprint density at radius 3 is 2.42 bits per heavy atom. The molecule has 1 aliphatic heterocycles. The molecule has 3 rings (SSSR count). The zero-order valence-electron chi connectivity index (χ0n) is 19.8. The summed E-state index contributed by atoms with van der Waals surface area (Å²) in [7, 11) is 3.13. The van der Waals surface area contributed by atoms with E-state index in [2.05, 4.69) is 5.32 Å². The number of piperidine rings is 1. The summed E-state index contributed by atoms with van der Waals surface area (Å²) in [5.41, 5.74) is 1.69.